The number of allylic oxidation sites excluding steroid dienone is 1. The standard InChI is InChI=1S/C19H20N6O2/c1-5-14-9-16(23-19-24-22-11-25(14)19)18(26)21-10-13-6-7-17(27-12(2)3)15(8-13)20-4/h5-9,11,20H,1-2,10H2,3-4H3,(H,21,26). The van der Waals surface area contributed by atoms with Crippen LogP contribution in [0, 0.1) is 0 Å². The van der Waals surface area contributed by atoms with Gasteiger partial charge < -0.3 is 15.4 Å². The van der Waals surface area contributed by atoms with Crippen LogP contribution in [0.15, 0.2) is 49.5 Å². The third-order valence-corrected chi connectivity index (χ3v) is 3.81. The molecule has 0 unspecified atom stereocenters. The maximum Gasteiger partial charge on any atom is 0.270 e. The SMILES string of the molecule is C=Cc1cc(C(=O)NCc2ccc(OC(=C)C)c(NC)c2)nc2nncn12. The molecule has 2 aromatic heterocycles. The topological polar surface area (TPSA) is 93.4 Å². The number of carbonyl (C=O) groups is 1. The summed E-state index contributed by atoms with van der Waals surface area (Å²) in [4.78, 5) is 16.7. The molecule has 0 atom stereocenters. The molecule has 0 aliphatic rings. The highest BCUT2D eigenvalue weighted by Crippen LogP contribution is 2.26. The molecule has 1 aromatic carbocycles. The van der Waals surface area contributed by atoms with Gasteiger partial charge in [-0.25, -0.2) is 4.98 Å². The van der Waals surface area contributed by atoms with E-state index in [0.29, 0.717) is 29.5 Å². The van der Waals surface area contributed by atoms with Gasteiger partial charge in [0.1, 0.15) is 17.8 Å². The highest BCUT2D eigenvalue weighted by atomic mass is 16.5. The van der Waals surface area contributed by atoms with Gasteiger partial charge in [-0.2, -0.15) is 0 Å². The number of carbonyl (C=O) groups excluding carboxylic acids is 1. The first kappa shape index (κ1) is 18.1. The minimum Gasteiger partial charge on any atom is -0.460 e. The first-order chi connectivity index (χ1) is 13.0. The summed E-state index contributed by atoms with van der Waals surface area (Å²) in [5, 5.41) is 13.6. The number of nitrogens with one attached hydrogen (secondary N) is 2. The molecule has 0 saturated heterocycles. The molecule has 3 aromatic rings. The molecule has 2 N–H and O–H groups in total. The van der Waals surface area contributed by atoms with Crippen LogP contribution in [0.5, 0.6) is 5.75 Å². The van der Waals surface area contributed by atoms with Crippen LogP contribution in [0.2, 0.25) is 0 Å². The third-order valence-electron chi connectivity index (χ3n) is 3.81. The summed E-state index contributed by atoms with van der Waals surface area (Å²) in [6.07, 6.45) is 3.14. The summed E-state index contributed by atoms with van der Waals surface area (Å²) in [5.74, 6) is 1.31. The van der Waals surface area contributed by atoms with Crippen LogP contribution in [-0.4, -0.2) is 32.5 Å². The van der Waals surface area contributed by atoms with E-state index in [1.165, 1.54) is 6.33 Å². The summed E-state index contributed by atoms with van der Waals surface area (Å²) < 4.78 is 7.22. The van der Waals surface area contributed by atoms with Gasteiger partial charge in [-0.05, 0) is 36.8 Å². The van der Waals surface area contributed by atoms with E-state index in [0.717, 1.165) is 11.3 Å². The smallest absolute Gasteiger partial charge is 0.270 e. The summed E-state index contributed by atoms with van der Waals surface area (Å²) in [6.45, 7) is 9.60. The normalized spacial score (nSPS) is 10.4. The molecule has 1 amide bonds. The zero-order chi connectivity index (χ0) is 19.4. The molecule has 0 aliphatic carbocycles. The number of benzene rings is 1. The van der Waals surface area contributed by atoms with Gasteiger partial charge in [0.15, 0.2) is 0 Å². The molecule has 0 fully saturated rings. The summed E-state index contributed by atoms with van der Waals surface area (Å²) >= 11 is 0. The Labute approximate surface area is 156 Å². The number of anilines is 1. The molecule has 0 spiro atoms. The van der Waals surface area contributed by atoms with Gasteiger partial charge in [-0.1, -0.05) is 19.2 Å². The molecule has 0 radical (unpaired) electrons. The largest absolute Gasteiger partial charge is 0.460 e. The van der Waals surface area contributed by atoms with Crippen molar-refractivity contribution in [3.05, 3.63) is 66.5 Å². The maximum absolute atomic E-state index is 12.5. The molecule has 0 aliphatic heterocycles. The van der Waals surface area contributed by atoms with Gasteiger partial charge in [-0.15, -0.1) is 10.2 Å². The van der Waals surface area contributed by atoms with Crippen molar-refractivity contribution in [2.45, 2.75) is 13.5 Å². The molecule has 3 rings (SSSR count). The van der Waals surface area contributed by atoms with Crippen LogP contribution in [-0.2, 0) is 6.54 Å². The van der Waals surface area contributed by atoms with Gasteiger partial charge in [-0.3, -0.25) is 9.20 Å². The van der Waals surface area contributed by atoms with Crippen LogP contribution in [0.25, 0.3) is 11.9 Å². The van der Waals surface area contributed by atoms with Crippen molar-refractivity contribution >= 4 is 23.4 Å². The Morgan fingerprint density at radius 1 is 1.37 bits per heavy atom. The molecule has 27 heavy (non-hydrogen) atoms. The second-order valence-electron chi connectivity index (χ2n) is 5.84. The minimum absolute atomic E-state index is 0.251. The van der Waals surface area contributed by atoms with Crippen LogP contribution in [0.3, 0.4) is 0 Å². The fraction of sp³-hybridized carbons (Fsp3) is 0.158. The predicted octanol–water partition coefficient (Wildman–Crippen LogP) is 2.65. The number of fused-ring (bicyclic) bond motifs is 1. The highest BCUT2D eigenvalue weighted by molar-refractivity contribution is 5.93. The van der Waals surface area contributed by atoms with Crippen molar-refractivity contribution in [1.82, 2.24) is 24.9 Å². The molecule has 138 valence electrons. The van der Waals surface area contributed by atoms with E-state index in [1.54, 1.807) is 30.5 Å². The first-order valence-corrected chi connectivity index (χ1v) is 8.27. The first-order valence-electron chi connectivity index (χ1n) is 8.27. The molecule has 2 heterocycles. The van der Waals surface area contributed by atoms with E-state index in [1.807, 2.05) is 18.2 Å². The minimum atomic E-state index is -0.308. The van der Waals surface area contributed by atoms with E-state index in [2.05, 4.69) is 39.0 Å². The Kier molecular flexibility index (Phi) is 5.16. The van der Waals surface area contributed by atoms with E-state index in [9.17, 15) is 4.79 Å². The van der Waals surface area contributed by atoms with Crippen LogP contribution in [0.4, 0.5) is 5.69 Å². The lowest BCUT2D eigenvalue weighted by Gasteiger charge is -2.13. The fourth-order valence-corrected chi connectivity index (χ4v) is 2.54. The number of amides is 1. The van der Waals surface area contributed by atoms with Gasteiger partial charge in [0.25, 0.3) is 11.7 Å². The second-order valence-corrected chi connectivity index (χ2v) is 5.84. The van der Waals surface area contributed by atoms with Crippen molar-refractivity contribution in [1.29, 1.82) is 0 Å². The second kappa shape index (κ2) is 7.69. The maximum atomic E-state index is 12.5. The molecule has 0 bridgehead atoms. The third kappa shape index (κ3) is 3.95. The number of ether oxygens (including phenoxy) is 1. The Bertz CT molecular complexity index is 1020. The highest BCUT2D eigenvalue weighted by Gasteiger charge is 2.12. The Morgan fingerprint density at radius 3 is 2.89 bits per heavy atom. The van der Waals surface area contributed by atoms with Crippen LogP contribution >= 0.6 is 0 Å². The van der Waals surface area contributed by atoms with Crippen LogP contribution < -0.4 is 15.4 Å². The van der Waals surface area contributed by atoms with E-state index >= 15 is 0 Å². The lowest BCUT2D eigenvalue weighted by molar-refractivity contribution is 0.0946. The number of hydrogen-bond acceptors (Lipinski definition) is 6. The van der Waals surface area contributed by atoms with Gasteiger partial charge >= 0.3 is 0 Å². The zero-order valence-electron chi connectivity index (χ0n) is 15.2. The van der Waals surface area contributed by atoms with Crippen LogP contribution in [0.1, 0.15) is 28.7 Å². The fourth-order valence-electron chi connectivity index (χ4n) is 2.54. The molecular formula is C19H20N6O2. The lowest BCUT2D eigenvalue weighted by Crippen LogP contribution is -2.24. The Balaban J connectivity index is 1.75. The Morgan fingerprint density at radius 2 is 2.19 bits per heavy atom. The summed E-state index contributed by atoms with van der Waals surface area (Å²) in [7, 11) is 1.80. The van der Waals surface area contributed by atoms with Crippen molar-refractivity contribution in [3.8, 4) is 5.75 Å². The number of aromatic nitrogens is 4. The summed E-state index contributed by atoms with van der Waals surface area (Å²) in [6, 6.07) is 7.26. The molecule has 0 saturated carbocycles. The quantitative estimate of drug-likeness (QED) is 0.626. The van der Waals surface area contributed by atoms with Gasteiger partial charge in [0, 0.05) is 13.6 Å². The van der Waals surface area contributed by atoms with Gasteiger partial charge in [0.2, 0.25) is 0 Å². The van der Waals surface area contributed by atoms with E-state index in [-0.39, 0.29) is 11.6 Å². The molecular weight excluding hydrogens is 344 g/mol. The van der Waals surface area contributed by atoms with Crippen molar-refractivity contribution in [2.75, 3.05) is 12.4 Å². The number of hydrogen-bond donors (Lipinski definition) is 2. The lowest BCUT2D eigenvalue weighted by atomic mass is 10.1. The number of rotatable bonds is 7. The number of nitrogens with zero attached hydrogens (tertiary/aromatic N) is 4. The Hall–Kier alpha value is -3.68. The summed E-state index contributed by atoms with van der Waals surface area (Å²) in [5.41, 5.74) is 2.66. The average Bonchev–Trinajstić information content (AvgIpc) is 3.14. The van der Waals surface area contributed by atoms with Crippen molar-refractivity contribution < 1.29 is 9.53 Å². The van der Waals surface area contributed by atoms with E-state index in [4.69, 9.17) is 4.74 Å². The predicted molar refractivity (Wildman–Crippen MR) is 103 cm³/mol. The van der Waals surface area contributed by atoms with Gasteiger partial charge in [0.05, 0.1) is 17.1 Å². The molecule has 8 heteroatoms. The average molecular weight is 364 g/mol. The molecule has 8 nitrogen and oxygen atoms in total. The zero-order valence-corrected chi connectivity index (χ0v) is 15.2. The van der Waals surface area contributed by atoms with Crippen molar-refractivity contribution in [3.63, 3.8) is 0 Å². The monoisotopic (exact) mass is 364 g/mol. The van der Waals surface area contributed by atoms with Crippen molar-refractivity contribution in [2.24, 2.45) is 0 Å². The van der Waals surface area contributed by atoms with E-state index < -0.39 is 0 Å².